The molecule has 0 saturated carbocycles. The summed E-state index contributed by atoms with van der Waals surface area (Å²) in [6.07, 6.45) is 0. The minimum absolute atomic E-state index is 0. The van der Waals surface area contributed by atoms with Gasteiger partial charge in [0.1, 0.15) is 0 Å². The van der Waals surface area contributed by atoms with Gasteiger partial charge in [0.2, 0.25) is 0 Å². The molecule has 0 bridgehead atoms. The van der Waals surface area contributed by atoms with Crippen molar-refractivity contribution < 1.29 is 17.9 Å². The molecule has 0 aliphatic carbocycles. The molecule has 0 radical (unpaired) electrons. The summed E-state index contributed by atoms with van der Waals surface area (Å²) in [4.78, 5) is 15.5. The zero-order valence-corrected chi connectivity index (χ0v) is 6.05. The van der Waals surface area contributed by atoms with E-state index in [1.807, 2.05) is 0 Å². The molecule has 0 heterocycles. The average molecular weight is 211 g/mol. The van der Waals surface area contributed by atoms with E-state index in [-0.39, 0.29) is 53.1 Å². The molecule has 0 fully saturated rings. The summed E-state index contributed by atoms with van der Waals surface area (Å²) < 4.78 is 13.2. The Kier molecular flexibility index (Phi) is 14.1. The quantitative estimate of drug-likeness (QED) is 0.349. The van der Waals surface area contributed by atoms with Crippen molar-refractivity contribution >= 4 is 60.9 Å². The van der Waals surface area contributed by atoms with Gasteiger partial charge in [0.15, 0.2) is 0 Å². The summed E-state index contributed by atoms with van der Waals surface area (Å²) in [5.41, 5.74) is 0. The molecule has 0 unspecified atom stereocenters. The van der Waals surface area contributed by atoms with E-state index in [2.05, 4.69) is 3.58 Å². The fourth-order valence-corrected chi connectivity index (χ4v) is 0. The van der Waals surface area contributed by atoms with Crippen molar-refractivity contribution in [1.29, 1.82) is 0 Å². The predicted molar refractivity (Wildman–Crippen MR) is 40.2 cm³/mol. The number of phosphoric acid groups is 1. The van der Waals surface area contributed by atoms with Gasteiger partial charge in [-0.1, -0.05) is 0 Å². The van der Waals surface area contributed by atoms with E-state index in [0.717, 1.165) is 0 Å². The van der Waals surface area contributed by atoms with E-state index in [0.29, 0.717) is 0 Å². The van der Waals surface area contributed by atoms with Crippen LogP contribution in [-0.4, -0.2) is 62.9 Å². The van der Waals surface area contributed by atoms with Crippen LogP contribution in [0.25, 0.3) is 0 Å². The Labute approximate surface area is 78.5 Å². The summed E-state index contributed by atoms with van der Waals surface area (Å²) in [6, 6.07) is 0. The second-order valence-electron chi connectivity index (χ2n) is 0.673. The molecule has 0 aliphatic heterocycles. The van der Waals surface area contributed by atoms with Crippen LogP contribution in [0.5, 0.6) is 0 Å². The van der Waals surface area contributed by atoms with Crippen LogP contribution in [0, 0.1) is 0 Å². The minimum atomic E-state index is -4.08. The number of hydrogen-bond donors (Lipinski definition) is 2. The van der Waals surface area contributed by atoms with Gasteiger partial charge in [0, 0.05) is 0 Å². The van der Waals surface area contributed by atoms with Crippen molar-refractivity contribution in [3.05, 3.63) is 0 Å². The van der Waals surface area contributed by atoms with Gasteiger partial charge in [-0.15, -0.1) is 0 Å². The first kappa shape index (κ1) is 16.4. The van der Waals surface area contributed by atoms with E-state index < -0.39 is 7.82 Å². The average Bonchev–Trinajstić information content (AvgIpc) is 1.35. The first-order valence-corrected chi connectivity index (χ1v) is 3.52. The first-order valence-electron chi connectivity index (χ1n) is 1.17. The fraction of sp³-hybridized carbons (Fsp3) is 0. The summed E-state index contributed by atoms with van der Waals surface area (Å²) in [5, 5.41) is 0. The molecule has 4 nitrogen and oxygen atoms in total. The normalized spacial score (nSPS) is 8.75. The van der Waals surface area contributed by atoms with Gasteiger partial charge in [-0.3, -0.25) is 0 Å². The molecule has 46 valence electrons. The Morgan fingerprint density at radius 3 is 1.62 bits per heavy atom. The summed E-state index contributed by atoms with van der Waals surface area (Å²) in [5.74, 6) is 0. The molecule has 0 aromatic heterocycles. The molecule has 0 aliphatic rings. The third-order valence-electron chi connectivity index (χ3n) is 0.238. The SMILES string of the molecule is O=P(O)(O)[O][AlH2].[GeH4].[LiH]. The van der Waals surface area contributed by atoms with Gasteiger partial charge >= 0.3 is 60.9 Å². The monoisotopic (exact) mass is 212 g/mol. The standard InChI is InChI=1S/Al.GeH4.Li.H3O4P.3H/c;;;1-5(2,3)4;;;/h;1H4;;(H3,1,2,3,4);;;/q+1;;;;;;/p-1. The van der Waals surface area contributed by atoms with Crippen molar-refractivity contribution in [3.63, 3.8) is 0 Å². The van der Waals surface area contributed by atoms with Crippen LogP contribution in [0.3, 0.4) is 0 Å². The molecule has 0 aromatic carbocycles. The maximum absolute atomic E-state index is 9.51. The van der Waals surface area contributed by atoms with Crippen LogP contribution in [0.1, 0.15) is 0 Å². The zero-order valence-electron chi connectivity index (χ0n) is 3.16. The van der Waals surface area contributed by atoms with Crippen molar-refractivity contribution in [3.8, 4) is 0 Å². The van der Waals surface area contributed by atoms with E-state index in [1.165, 1.54) is 0 Å². The fourth-order valence-electron chi connectivity index (χ4n) is 0. The van der Waals surface area contributed by atoms with Crippen molar-refractivity contribution in [2.24, 2.45) is 0 Å². The molecule has 0 atom stereocenters. The molecule has 0 spiro atoms. The van der Waals surface area contributed by atoms with Gasteiger partial charge < -0.3 is 13.4 Å². The first-order chi connectivity index (χ1) is 2.56. The van der Waals surface area contributed by atoms with Crippen molar-refractivity contribution in [2.45, 2.75) is 0 Å². The van der Waals surface area contributed by atoms with Crippen LogP contribution >= 0.6 is 7.82 Å². The van der Waals surface area contributed by atoms with Crippen LogP contribution in [0.15, 0.2) is 0 Å². The van der Waals surface area contributed by atoms with Gasteiger partial charge in [-0.05, 0) is 0 Å². The van der Waals surface area contributed by atoms with Gasteiger partial charge in [-0.25, -0.2) is 4.57 Å². The van der Waals surface area contributed by atoms with Crippen LogP contribution in [0.4, 0.5) is 0 Å². The molecule has 2 N–H and O–H groups in total. The van der Waals surface area contributed by atoms with E-state index >= 15 is 0 Å². The van der Waals surface area contributed by atoms with Crippen LogP contribution < -0.4 is 0 Å². The van der Waals surface area contributed by atoms with Gasteiger partial charge in [0.05, 0.1) is 0 Å². The third-order valence-corrected chi connectivity index (χ3v) is 2.14. The van der Waals surface area contributed by atoms with Gasteiger partial charge in [-0.2, -0.15) is 0 Å². The Morgan fingerprint density at radius 1 is 1.50 bits per heavy atom. The summed E-state index contributed by atoms with van der Waals surface area (Å²) in [7, 11) is -4.08. The van der Waals surface area contributed by atoms with E-state index in [4.69, 9.17) is 9.79 Å². The molecule has 0 rings (SSSR count). The third kappa shape index (κ3) is 15.7. The Morgan fingerprint density at radius 2 is 1.62 bits per heavy atom. The summed E-state index contributed by atoms with van der Waals surface area (Å²) in [6.45, 7) is 0. The maximum atomic E-state index is 9.51. The topological polar surface area (TPSA) is 66.8 Å². The second-order valence-corrected chi connectivity index (χ2v) is 3.11. The zero-order chi connectivity index (χ0) is 5.21. The molecule has 8 heteroatoms. The predicted octanol–water partition coefficient (Wildman–Crippen LogP) is -3.46. The van der Waals surface area contributed by atoms with Crippen LogP contribution in [0.2, 0.25) is 0 Å². The molecular formula is H9AlGeLiO4P. The number of rotatable bonds is 1. The Balaban J connectivity index is -0.000000125. The molecule has 8 heavy (non-hydrogen) atoms. The Hall–Kier alpha value is 1.78. The van der Waals surface area contributed by atoms with Crippen LogP contribution in [-0.2, 0) is 8.14 Å². The van der Waals surface area contributed by atoms with Crippen molar-refractivity contribution in [2.75, 3.05) is 0 Å². The van der Waals surface area contributed by atoms with E-state index in [1.54, 1.807) is 0 Å². The van der Waals surface area contributed by atoms with Gasteiger partial charge in [0.25, 0.3) is 0 Å². The molecule has 0 aromatic rings. The molecular weight excluding hydrogens is 202 g/mol. The summed E-state index contributed by atoms with van der Waals surface area (Å²) >= 11 is 0.0849. The Bertz CT molecular complexity index is 80.1. The van der Waals surface area contributed by atoms with Crippen molar-refractivity contribution in [1.82, 2.24) is 0 Å². The molecule has 0 amide bonds. The molecule has 0 saturated heterocycles. The second kappa shape index (κ2) is 6.90. The number of hydrogen-bond acceptors (Lipinski definition) is 2. The van der Waals surface area contributed by atoms with E-state index in [9.17, 15) is 4.57 Å².